The summed E-state index contributed by atoms with van der Waals surface area (Å²) in [4.78, 5) is 37.6. The molecule has 34 heavy (non-hydrogen) atoms. The Labute approximate surface area is 195 Å². The quantitative estimate of drug-likeness (QED) is 0.323. The van der Waals surface area contributed by atoms with Crippen LogP contribution in [-0.4, -0.2) is 51.6 Å². The van der Waals surface area contributed by atoms with E-state index in [9.17, 15) is 24.1 Å². The first kappa shape index (κ1) is 25.9. The molecule has 1 aliphatic rings. The zero-order valence-corrected chi connectivity index (χ0v) is 19.8. The molecule has 2 aromatic rings. The van der Waals surface area contributed by atoms with Crippen molar-refractivity contribution in [3.05, 3.63) is 63.4 Å². The van der Waals surface area contributed by atoms with Crippen LogP contribution in [0.1, 0.15) is 33.4 Å². The third-order valence-electron chi connectivity index (χ3n) is 4.75. The molecule has 12 nitrogen and oxygen atoms in total. The van der Waals surface area contributed by atoms with Gasteiger partial charge >= 0.3 is 19.4 Å². The molecule has 0 aliphatic carbocycles. The maximum absolute atomic E-state index is 13.5. The van der Waals surface area contributed by atoms with E-state index in [-0.39, 0.29) is 24.9 Å². The van der Waals surface area contributed by atoms with Crippen LogP contribution in [0.3, 0.4) is 0 Å². The summed E-state index contributed by atoms with van der Waals surface area (Å²) >= 11 is 0. The van der Waals surface area contributed by atoms with Crippen LogP contribution in [0.5, 0.6) is 5.75 Å². The Morgan fingerprint density at radius 3 is 2.62 bits per heavy atom. The van der Waals surface area contributed by atoms with Gasteiger partial charge < -0.3 is 19.1 Å². The van der Waals surface area contributed by atoms with Gasteiger partial charge in [-0.25, -0.2) is 9.36 Å². The summed E-state index contributed by atoms with van der Waals surface area (Å²) in [5.74, 6) is -0.395. The zero-order chi connectivity index (χ0) is 24.9. The van der Waals surface area contributed by atoms with Crippen molar-refractivity contribution in [3.63, 3.8) is 0 Å². The lowest BCUT2D eigenvalue weighted by atomic mass is 10.2. The van der Waals surface area contributed by atoms with E-state index in [4.69, 9.17) is 18.5 Å². The van der Waals surface area contributed by atoms with Crippen LogP contribution < -0.4 is 20.9 Å². The number of carbonyl (C=O) groups excluding carboxylic acids is 1. The van der Waals surface area contributed by atoms with Gasteiger partial charge in [0, 0.05) is 18.7 Å². The van der Waals surface area contributed by atoms with Crippen LogP contribution in [0, 0.1) is 0 Å². The Morgan fingerprint density at radius 2 is 1.97 bits per heavy atom. The number of aromatic amines is 1. The summed E-state index contributed by atoms with van der Waals surface area (Å²) in [5, 5.41) is 12.9. The molecule has 0 saturated carbocycles. The van der Waals surface area contributed by atoms with Crippen LogP contribution in [0.25, 0.3) is 0 Å². The van der Waals surface area contributed by atoms with Crippen LogP contribution in [0.4, 0.5) is 0 Å². The van der Waals surface area contributed by atoms with Gasteiger partial charge in [0.2, 0.25) is 0 Å². The second-order valence-corrected chi connectivity index (χ2v) is 9.70. The molecule has 1 unspecified atom stereocenters. The van der Waals surface area contributed by atoms with Crippen molar-refractivity contribution in [2.24, 2.45) is 0 Å². The van der Waals surface area contributed by atoms with Crippen molar-refractivity contribution >= 4 is 13.7 Å². The van der Waals surface area contributed by atoms with E-state index in [0.717, 1.165) is 10.6 Å². The van der Waals surface area contributed by atoms with E-state index in [1.807, 2.05) is 0 Å². The first-order valence-electron chi connectivity index (χ1n) is 10.7. The van der Waals surface area contributed by atoms with E-state index in [0.29, 0.717) is 0 Å². The summed E-state index contributed by atoms with van der Waals surface area (Å²) < 4.78 is 36.5. The zero-order valence-electron chi connectivity index (χ0n) is 19.0. The van der Waals surface area contributed by atoms with Gasteiger partial charge in [-0.15, -0.1) is 0 Å². The van der Waals surface area contributed by atoms with Crippen molar-refractivity contribution < 1.29 is 33.0 Å². The fourth-order valence-corrected chi connectivity index (χ4v) is 4.75. The lowest BCUT2D eigenvalue weighted by Gasteiger charge is -2.24. The lowest BCUT2D eigenvalue weighted by Crippen LogP contribution is -2.36. The van der Waals surface area contributed by atoms with E-state index in [1.165, 1.54) is 13.1 Å². The van der Waals surface area contributed by atoms with Crippen molar-refractivity contribution in [2.45, 2.75) is 57.8 Å². The molecule has 0 amide bonds. The second-order valence-electron chi connectivity index (χ2n) is 8.00. The number of hydrogen-bond donors (Lipinski definition) is 3. The smallest absolute Gasteiger partial charge is 0.459 e. The molecule has 1 aromatic carbocycles. The highest BCUT2D eigenvalue weighted by Crippen LogP contribution is 2.45. The Hall–Kier alpha value is -2.76. The molecule has 1 aliphatic heterocycles. The number of H-pyrrole nitrogens is 1. The average Bonchev–Trinajstić information content (AvgIpc) is 3.13. The normalized spacial score (nSPS) is 22.8. The molecule has 3 N–H and O–H groups in total. The summed E-state index contributed by atoms with van der Waals surface area (Å²) in [7, 11) is -4.10. The number of aromatic nitrogens is 2. The van der Waals surface area contributed by atoms with Crippen molar-refractivity contribution in [3.8, 4) is 5.75 Å². The fourth-order valence-electron chi connectivity index (χ4n) is 3.23. The predicted molar refractivity (Wildman–Crippen MR) is 120 cm³/mol. The van der Waals surface area contributed by atoms with E-state index < -0.39 is 49.4 Å². The molecule has 13 heteroatoms. The highest BCUT2D eigenvalue weighted by Gasteiger charge is 2.39. The van der Waals surface area contributed by atoms with Gasteiger partial charge in [0.15, 0.2) is 6.23 Å². The molecule has 3 rings (SSSR count). The van der Waals surface area contributed by atoms with Crippen LogP contribution in [0.2, 0.25) is 0 Å². The predicted octanol–water partition coefficient (Wildman–Crippen LogP) is 1.32. The van der Waals surface area contributed by atoms with Crippen molar-refractivity contribution in [1.29, 1.82) is 0 Å². The lowest BCUT2D eigenvalue weighted by molar-refractivity contribution is -0.149. The molecule has 2 heterocycles. The monoisotopic (exact) mass is 497 g/mol. The molecule has 5 atom stereocenters. The molecular formula is C21H28N3O9P. The number of hydrogen-bond acceptors (Lipinski definition) is 9. The van der Waals surface area contributed by atoms with E-state index in [2.05, 4.69) is 10.1 Å². The first-order chi connectivity index (χ1) is 16.1. The average molecular weight is 497 g/mol. The molecule has 1 aromatic heterocycles. The van der Waals surface area contributed by atoms with Crippen LogP contribution in [-0.2, 0) is 23.4 Å². The second kappa shape index (κ2) is 11.1. The first-order valence-corrected chi connectivity index (χ1v) is 12.2. The maximum atomic E-state index is 13.5. The fraction of sp³-hybridized carbons (Fsp3) is 0.476. The number of ether oxygens (including phenoxy) is 2. The van der Waals surface area contributed by atoms with Crippen molar-refractivity contribution in [1.82, 2.24) is 14.6 Å². The maximum Gasteiger partial charge on any atom is 0.459 e. The summed E-state index contributed by atoms with van der Waals surface area (Å²) in [6.45, 7) is 4.56. The van der Waals surface area contributed by atoms with Crippen molar-refractivity contribution in [2.75, 3.05) is 6.61 Å². The van der Waals surface area contributed by atoms with Gasteiger partial charge in [0.05, 0.1) is 18.8 Å². The summed E-state index contributed by atoms with van der Waals surface area (Å²) in [6, 6.07) is 8.37. The number of aliphatic hydroxyl groups excluding tert-OH is 1. The minimum atomic E-state index is -4.10. The van der Waals surface area contributed by atoms with E-state index >= 15 is 0 Å². The standard InChI is InChI=1S/C21H28N3O9P/c1-13(2)31-20(27)14(3)23-34(29,33-15-7-5-4-6-8-15)30-12-16-11-17(25)19(32-16)24-10-9-18(26)22-21(24)28/h4-10,13-14,16-17,19,25H,11-12H2,1-3H3,(H,23,29)(H,22,26,28)/t14-,16-,17-,19+,34?/m0/s1. The van der Waals surface area contributed by atoms with Gasteiger partial charge in [-0.2, -0.15) is 5.09 Å². The summed E-state index contributed by atoms with van der Waals surface area (Å²) in [5.41, 5.74) is -1.32. The minimum Gasteiger partial charge on any atom is -0.462 e. The highest BCUT2D eigenvalue weighted by molar-refractivity contribution is 7.52. The number of para-hydroxylation sites is 1. The topological polar surface area (TPSA) is 158 Å². The number of benzene rings is 1. The largest absolute Gasteiger partial charge is 0.462 e. The number of carbonyl (C=O) groups is 1. The van der Waals surface area contributed by atoms with Crippen LogP contribution in [0.15, 0.2) is 52.2 Å². The molecule has 186 valence electrons. The Kier molecular flexibility index (Phi) is 8.45. The molecule has 1 saturated heterocycles. The number of esters is 1. The molecule has 0 bridgehead atoms. The number of rotatable bonds is 10. The van der Waals surface area contributed by atoms with E-state index in [1.54, 1.807) is 44.2 Å². The number of aliphatic hydroxyl groups is 1. The highest BCUT2D eigenvalue weighted by atomic mass is 31.2. The summed E-state index contributed by atoms with van der Waals surface area (Å²) in [6.07, 6.45) is -2.00. The Bertz CT molecular complexity index is 1130. The van der Waals surface area contributed by atoms with Crippen LogP contribution >= 0.6 is 7.75 Å². The third kappa shape index (κ3) is 6.87. The molecule has 0 spiro atoms. The van der Waals surface area contributed by atoms with Gasteiger partial charge in [0.25, 0.3) is 5.56 Å². The number of nitrogens with one attached hydrogen (secondary N) is 2. The van der Waals surface area contributed by atoms with Gasteiger partial charge in [-0.05, 0) is 32.9 Å². The van der Waals surface area contributed by atoms with Gasteiger partial charge in [-0.3, -0.25) is 23.7 Å². The molecule has 0 radical (unpaired) electrons. The van der Waals surface area contributed by atoms with Gasteiger partial charge in [0.1, 0.15) is 17.9 Å². The Morgan fingerprint density at radius 1 is 1.26 bits per heavy atom. The van der Waals surface area contributed by atoms with Gasteiger partial charge in [-0.1, -0.05) is 18.2 Å². The third-order valence-corrected chi connectivity index (χ3v) is 6.39. The Balaban J connectivity index is 1.71. The molecule has 1 fully saturated rings. The molecular weight excluding hydrogens is 469 g/mol. The minimum absolute atomic E-state index is 0.0620. The SMILES string of the molecule is CC(C)OC(=O)[C@H](C)NP(=O)(OC[C@@H]1C[C@H](O)[C@H](n2ccc(=O)[nH]c2=O)O1)Oc1ccccc1. The number of nitrogens with zero attached hydrogens (tertiary/aromatic N) is 1.